The largest absolute Gasteiger partial charge is 0.356 e. The van der Waals surface area contributed by atoms with Crippen LogP contribution in [0.4, 0.5) is 0 Å². The highest BCUT2D eigenvalue weighted by atomic mass is 16.1. The highest BCUT2D eigenvalue weighted by Gasteiger charge is 2.34. The van der Waals surface area contributed by atoms with Gasteiger partial charge in [0.15, 0.2) is 0 Å². The zero-order chi connectivity index (χ0) is 12.1. The van der Waals surface area contributed by atoms with Crippen molar-refractivity contribution in [3.05, 3.63) is 11.6 Å². The highest BCUT2D eigenvalue weighted by molar-refractivity contribution is 5.77. The van der Waals surface area contributed by atoms with E-state index in [-0.39, 0.29) is 11.4 Å². The van der Waals surface area contributed by atoms with Gasteiger partial charge in [-0.05, 0) is 51.4 Å². The van der Waals surface area contributed by atoms with E-state index >= 15 is 0 Å². The van der Waals surface area contributed by atoms with Crippen LogP contribution in [0, 0.1) is 0 Å². The third-order valence-electron chi connectivity index (χ3n) is 4.02. The molecule has 0 heterocycles. The van der Waals surface area contributed by atoms with Gasteiger partial charge in [0.05, 0.1) is 0 Å². The van der Waals surface area contributed by atoms with Gasteiger partial charge in [-0.2, -0.15) is 0 Å². The molecule has 1 fully saturated rings. The van der Waals surface area contributed by atoms with Crippen molar-refractivity contribution >= 4 is 5.91 Å². The van der Waals surface area contributed by atoms with Gasteiger partial charge in [0.2, 0.25) is 5.91 Å². The second-order valence-electron chi connectivity index (χ2n) is 5.60. The lowest BCUT2D eigenvalue weighted by molar-refractivity contribution is -0.122. The molecule has 2 aliphatic rings. The number of rotatable bonds is 5. The molecular weight excluding hydrogens is 212 g/mol. The minimum absolute atomic E-state index is 0.128. The molecule has 0 aromatic rings. The summed E-state index contributed by atoms with van der Waals surface area (Å²) in [5, 5.41) is 2.99. The van der Waals surface area contributed by atoms with E-state index in [2.05, 4.69) is 11.4 Å². The molecular formula is C14H24N2O. The monoisotopic (exact) mass is 236 g/mol. The molecule has 1 saturated carbocycles. The van der Waals surface area contributed by atoms with E-state index in [1.165, 1.54) is 37.7 Å². The van der Waals surface area contributed by atoms with Crippen molar-refractivity contribution < 1.29 is 4.79 Å². The standard InChI is InChI=1S/C14H24N2O/c15-14(8-4-9-14)11-13(17)16-10-7-12-5-2-1-3-6-12/h5H,1-4,6-11,15H2,(H,16,17). The molecule has 3 N–H and O–H groups in total. The number of hydrogen-bond acceptors (Lipinski definition) is 2. The average molecular weight is 236 g/mol. The van der Waals surface area contributed by atoms with E-state index in [0.717, 1.165) is 25.8 Å². The van der Waals surface area contributed by atoms with Gasteiger partial charge >= 0.3 is 0 Å². The maximum atomic E-state index is 11.7. The van der Waals surface area contributed by atoms with Crippen molar-refractivity contribution in [3.8, 4) is 0 Å². The van der Waals surface area contributed by atoms with Gasteiger partial charge in [-0.1, -0.05) is 11.6 Å². The summed E-state index contributed by atoms with van der Waals surface area (Å²) in [6.45, 7) is 0.779. The number of nitrogens with one attached hydrogen (secondary N) is 1. The first kappa shape index (κ1) is 12.6. The van der Waals surface area contributed by atoms with Crippen LogP contribution in [0.2, 0.25) is 0 Å². The highest BCUT2D eigenvalue weighted by Crippen LogP contribution is 2.31. The van der Waals surface area contributed by atoms with E-state index in [9.17, 15) is 4.79 Å². The Morgan fingerprint density at radius 2 is 2.18 bits per heavy atom. The van der Waals surface area contributed by atoms with Crippen LogP contribution in [0.15, 0.2) is 11.6 Å². The number of allylic oxidation sites excluding steroid dienone is 1. The van der Waals surface area contributed by atoms with Crippen LogP contribution >= 0.6 is 0 Å². The Kier molecular flexibility index (Phi) is 4.21. The molecule has 0 saturated heterocycles. The number of carbonyl (C=O) groups excluding carboxylic acids is 1. The summed E-state index contributed by atoms with van der Waals surface area (Å²) in [5.74, 6) is 0.128. The lowest BCUT2D eigenvalue weighted by Gasteiger charge is -2.37. The van der Waals surface area contributed by atoms with Crippen LogP contribution in [0.25, 0.3) is 0 Å². The lowest BCUT2D eigenvalue weighted by Crippen LogP contribution is -2.50. The molecule has 1 amide bonds. The number of carbonyl (C=O) groups is 1. The van der Waals surface area contributed by atoms with Crippen molar-refractivity contribution in [2.45, 2.75) is 63.3 Å². The molecule has 0 aromatic carbocycles. The van der Waals surface area contributed by atoms with Crippen LogP contribution in [-0.4, -0.2) is 18.0 Å². The van der Waals surface area contributed by atoms with Crippen molar-refractivity contribution in [2.75, 3.05) is 6.54 Å². The van der Waals surface area contributed by atoms with E-state index < -0.39 is 0 Å². The average Bonchev–Trinajstić information content (AvgIpc) is 2.28. The molecule has 2 rings (SSSR count). The van der Waals surface area contributed by atoms with Crippen LogP contribution in [0.3, 0.4) is 0 Å². The summed E-state index contributed by atoms with van der Waals surface area (Å²) in [6, 6.07) is 0. The molecule has 0 aliphatic heterocycles. The number of nitrogens with two attached hydrogens (primary N) is 1. The molecule has 0 unspecified atom stereocenters. The molecule has 0 atom stereocenters. The Bertz CT molecular complexity index is 305. The predicted molar refractivity (Wildman–Crippen MR) is 69.6 cm³/mol. The summed E-state index contributed by atoms with van der Waals surface area (Å²) in [6.07, 6.45) is 12.1. The predicted octanol–water partition coefficient (Wildman–Crippen LogP) is 2.26. The minimum atomic E-state index is -0.186. The van der Waals surface area contributed by atoms with Gasteiger partial charge in [-0.25, -0.2) is 0 Å². The number of hydrogen-bond donors (Lipinski definition) is 2. The first-order chi connectivity index (χ1) is 8.18. The van der Waals surface area contributed by atoms with Gasteiger partial charge in [-0.3, -0.25) is 4.79 Å². The van der Waals surface area contributed by atoms with Crippen molar-refractivity contribution in [3.63, 3.8) is 0 Å². The molecule has 17 heavy (non-hydrogen) atoms. The molecule has 3 heteroatoms. The van der Waals surface area contributed by atoms with Crippen LogP contribution in [0.5, 0.6) is 0 Å². The van der Waals surface area contributed by atoms with Crippen molar-refractivity contribution in [2.24, 2.45) is 5.73 Å². The molecule has 0 bridgehead atoms. The maximum Gasteiger partial charge on any atom is 0.221 e. The van der Waals surface area contributed by atoms with Gasteiger partial charge in [0, 0.05) is 18.5 Å². The summed E-state index contributed by atoms with van der Waals surface area (Å²) in [7, 11) is 0. The van der Waals surface area contributed by atoms with E-state index in [1.54, 1.807) is 0 Å². The van der Waals surface area contributed by atoms with Crippen LogP contribution in [-0.2, 0) is 4.79 Å². The lowest BCUT2D eigenvalue weighted by atomic mass is 9.75. The third-order valence-corrected chi connectivity index (χ3v) is 4.02. The summed E-state index contributed by atoms with van der Waals surface area (Å²) >= 11 is 0. The fraction of sp³-hybridized carbons (Fsp3) is 0.786. The number of amides is 1. The fourth-order valence-electron chi connectivity index (χ4n) is 2.68. The van der Waals surface area contributed by atoms with Crippen LogP contribution < -0.4 is 11.1 Å². The summed E-state index contributed by atoms with van der Waals surface area (Å²) < 4.78 is 0. The summed E-state index contributed by atoms with van der Waals surface area (Å²) in [4.78, 5) is 11.7. The second-order valence-corrected chi connectivity index (χ2v) is 5.60. The van der Waals surface area contributed by atoms with Gasteiger partial charge in [-0.15, -0.1) is 0 Å². The van der Waals surface area contributed by atoms with Crippen molar-refractivity contribution in [1.82, 2.24) is 5.32 Å². The van der Waals surface area contributed by atoms with E-state index in [1.807, 2.05) is 0 Å². The fourth-order valence-corrected chi connectivity index (χ4v) is 2.68. The van der Waals surface area contributed by atoms with E-state index in [4.69, 9.17) is 5.73 Å². The Balaban J connectivity index is 1.61. The first-order valence-corrected chi connectivity index (χ1v) is 6.91. The smallest absolute Gasteiger partial charge is 0.221 e. The first-order valence-electron chi connectivity index (χ1n) is 6.91. The quantitative estimate of drug-likeness (QED) is 0.719. The normalized spacial score (nSPS) is 22.5. The van der Waals surface area contributed by atoms with E-state index in [0.29, 0.717) is 6.42 Å². The van der Waals surface area contributed by atoms with Crippen LogP contribution in [0.1, 0.15) is 57.8 Å². The third kappa shape index (κ3) is 3.84. The molecule has 2 aliphatic carbocycles. The van der Waals surface area contributed by atoms with Gasteiger partial charge in [0.1, 0.15) is 0 Å². The Morgan fingerprint density at radius 3 is 2.76 bits per heavy atom. The topological polar surface area (TPSA) is 55.1 Å². The zero-order valence-electron chi connectivity index (χ0n) is 10.6. The Morgan fingerprint density at radius 1 is 1.35 bits per heavy atom. The SMILES string of the molecule is NC1(CC(=O)NCCC2=CCCCC2)CCC1. The van der Waals surface area contributed by atoms with Gasteiger partial charge in [0.25, 0.3) is 0 Å². The maximum absolute atomic E-state index is 11.7. The molecule has 0 spiro atoms. The molecule has 96 valence electrons. The summed E-state index contributed by atoms with van der Waals surface area (Å²) in [5.41, 5.74) is 7.38. The Hall–Kier alpha value is -0.830. The molecule has 3 nitrogen and oxygen atoms in total. The van der Waals surface area contributed by atoms with Crippen molar-refractivity contribution in [1.29, 1.82) is 0 Å². The minimum Gasteiger partial charge on any atom is -0.356 e. The zero-order valence-corrected chi connectivity index (χ0v) is 10.6. The second kappa shape index (κ2) is 5.67. The molecule has 0 aromatic heterocycles. The Labute approximate surface area is 104 Å². The van der Waals surface area contributed by atoms with Gasteiger partial charge < -0.3 is 11.1 Å². The molecule has 0 radical (unpaired) electrons.